The Hall–Kier alpha value is -2.54. The second-order valence-corrected chi connectivity index (χ2v) is 5.77. The minimum absolute atomic E-state index is 0.704. The zero-order valence-corrected chi connectivity index (χ0v) is 13.1. The van der Waals surface area contributed by atoms with E-state index >= 15 is 0 Å². The van der Waals surface area contributed by atoms with E-state index in [1.807, 2.05) is 0 Å². The molecule has 0 atom stereocenters. The van der Waals surface area contributed by atoms with Gasteiger partial charge in [-0.1, -0.05) is 12.1 Å². The van der Waals surface area contributed by atoms with Crippen LogP contribution in [-0.4, -0.2) is 31.2 Å². The van der Waals surface area contributed by atoms with E-state index in [4.69, 9.17) is 0 Å². The first-order chi connectivity index (χ1) is 10.7. The molecule has 4 heteroatoms. The summed E-state index contributed by atoms with van der Waals surface area (Å²) in [7, 11) is 0. The highest BCUT2D eigenvalue weighted by atomic mass is 15.3. The van der Waals surface area contributed by atoms with Gasteiger partial charge in [0, 0.05) is 38.1 Å². The fraction of sp³-hybridized carbons (Fsp3) is 0.333. The molecule has 112 valence electrons. The minimum atomic E-state index is 0.704. The quantitative estimate of drug-likeness (QED) is 0.853. The van der Waals surface area contributed by atoms with E-state index in [2.05, 4.69) is 52.9 Å². The summed E-state index contributed by atoms with van der Waals surface area (Å²) in [5, 5.41) is 9.23. The van der Waals surface area contributed by atoms with Crippen molar-refractivity contribution in [2.75, 3.05) is 36.0 Å². The van der Waals surface area contributed by atoms with Crippen molar-refractivity contribution >= 4 is 11.4 Å². The molecule has 1 aromatic heterocycles. The van der Waals surface area contributed by atoms with Crippen LogP contribution in [0.25, 0.3) is 0 Å². The SMILES string of the molecule is Cc1ccc(C)c(N2CCN(c3cnccc3C#N)CC2)c1. The summed E-state index contributed by atoms with van der Waals surface area (Å²) in [5.41, 5.74) is 5.59. The van der Waals surface area contributed by atoms with Crippen molar-refractivity contribution in [2.45, 2.75) is 13.8 Å². The average molecular weight is 292 g/mol. The van der Waals surface area contributed by atoms with Crippen molar-refractivity contribution in [2.24, 2.45) is 0 Å². The van der Waals surface area contributed by atoms with Crippen molar-refractivity contribution in [3.05, 3.63) is 53.3 Å². The standard InChI is InChI=1S/C18H20N4/c1-14-3-4-15(2)17(11-14)21-7-9-22(10-8-21)18-13-20-6-5-16(18)12-19/h3-6,11,13H,7-10H2,1-2H3. The van der Waals surface area contributed by atoms with Gasteiger partial charge in [0.15, 0.2) is 0 Å². The third kappa shape index (κ3) is 2.75. The Balaban J connectivity index is 1.75. The molecule has 1 aromatic carbocycles. The van der Waals surface area contributed by atoms with Gasteiger partial charge in [-0.15, -0.1) is 0 Å². The highest BCUT2D eigenvalue weighted by Gasteiger charge is 2.20. The van der Waals surface area contributed by atoms with Gasteiger partial charge in [0.1, 0.15) is 6.07 Å². The molecule has 1 aliphatic heterocycles. The number of nitrogens with zero attached hydrogens (tertiary/aromatic N) is 4. The van der Waals surface area contributed by atoms with Crippen LogP contribution in [0, 0.1) is 25.2 Å². The van der Waals surface area contributed by atoms with Crippen LogP contribution in [0.15, 0.2) is 36.7 Å². The lowest BCUT2D eigenvalue weighted by Gasteiger charge is -2.38. The van der Waals surface area contributed by atoms with Gasteiger partial charge in [-0.05, 0) is 37.1 Å². The monoisotopic (exact) mass is 292 g/mol. The Kier molecular flexibility index (Phi) is 3.97. The lowest BCUT2D eigenvalue weighted by Crippen LogP contribution is -2.47. The molecular formula is C18H20N4. The number of nitriles is 1. The fourth-order valence-electron chi connectivity index (χ4n) is 2.98. The molecular weight excluding hydrogens is 272 g/mol. The highest BCUT2D eigenvalue weighted by Crippen LogP contribution is 2.25. The third-order valence-corrected chi connectivity index (χ3v) is 4.25. The van der Waals surface area contributed by atoms with Gasteiger partial charge >= 0.3 is 0 Å². The second kappa shape index (κ2) is 6.07. The second-order valence-electron chi connectivity index (χ2n) is 5.77. The van der Waals surface area contributed by atoms with Crippen LogP contribution in [0.3, 0.4) is 0 Å². The fourth-order valence-corrected chi connectivity index (χ4v) is 2.98. The number of hydrogen-bond acceptors (Lipinski definition) is 4. The maximum absolute atomic E-state index is 9.23. The Bertz CT molecular complexity index is 709. The lowest BCUT2D eigenvalue weighted by atomic mass is 10.1. The number of aryl methyl sites for hydroxylation is 2. The Morgan fingerprint density at radius 1 is 1.00 bits per heavy atom. The minimum Gasteiger partial charge on any atom is -0.368 e. The number of piperazine rings is 1. The van der Waals surface area contributed by atoms with Gasteiger partial charge in [-0.3, -0.25) is 4.98 Å². The molecule has 1 fully saturated rings. The molecule has 1 aliphatic rings. The average Bonchev–Trinajstić information content (AvgIpc) is 2.57. The number of hydrogen-bond donors (Lipinski definition) is 0. The van der Waals surface area contributed by atoms with Crippen LogP contribution in [-0.2, 0) is 0 Å². The first-order valence-electron chi connectivity index (χ1n) is 7.60. The summed E-state index contributed by atoms with van der Waals surface area (Å²) in [6, 6.07) is 10.6. The van der Waals surface area contributed by atoms with Gasteiger partial charge in [-0.25, -0.2) is 0 Å². The Morgan fingerprint density at radius 2 is 1.68 bits per heavy atom. The van der Waals surface area contributed by atoms with Crippen LogP contribution >= 0.6 is 0 Å². The van der Waals surface area contributed by atoms with Crippen LogP contribution < -0.4 is 9.80 Å². The smallest absolute Gasteiger partial charge is 0.101 e. The van der Waals surface area contributed by atoms with Crippen LogP contribution in [0.2, 0.25) is 0 Å². The van der Waals surface area contributed by atoms with E-state index in [-0.39, 0.29) is 0 Å². The molecule has 3 rings (SSSR count). The van der Waals surface area contributed by atoms with E-state index in [1.54, 1.807) is 18.5 Å². The number of aromatic nitrogens is 1. The summed E-state index contributed by atoms with van der Waals surface area (Å²) in [6.45, 7) is 8.04. The lowest BCUT2D eigenvalue weighted by molar-refractivity contribution is 0.651. The molecule has 4 nitrogen and oxygen atoms in total. The van der Waals surface area contributed by atoms with E-state index in [0.717, 1.165) is 31.9 Å². The topological polar surface area (TPSA) is 43.2 Å². The van der Waals surface area contributed by atoms with Crippen LogP contribution in [0.4, 0.5) is 11.4 Å². The van der Waals surface area contributed by atoms with E-state index in [0.29, 0.717) is 5.56 Å². The summed E-state index contributed by atoms with van der Waals surface area (Å²) >= 11 is 0. The Labute approximate surface area is 131 Å². The zero-order valence-electron chi connectivity index (χ0n) is 13.1. The van der Waals surface area contributed by atoms with Crippen molar-refractivity contribution in [1.29, 1.82) is 5.26 Å². The number of rotatable bonds is 2. The van der Waals surface area contributed by atoms with Gasteiger partial charge in [-0.2, -0.15) is 5.26 Å². The predicted molar refractivity (Wildman–Crippen MR) is 89.3 cm³/mol. The molecule has 2 aromatic rings. The molecule has 0 amide bonds. The van der Waals surface area contributed by atoms with Crippen molar-refractivity contribution in [3.63, 3.8) is 0 Å². The molecule has 0 aliphatic carbocycles. The van der Waals surface area contributed by atoms with E-state index in [9.17, 15) is 5.26 Å². The first kappa shape index (κ1) is 14.4. The number of benzene rings is 1. The van der Waals surface area contributed by atoms with Crippen molar-refractivity contribution in [1.82, 2.24) is 4.98 Å². The molecule has 0 N–H and O–H groups in total. The van der Waals surface area contributed by atoms with Crippen molar-refractivity contribution < 1.29 is 0 Å². The predicted octanol–water partition coefficient (Wildman–Crippen LogP) is 2.90. The molecule has 22 heavy (non-hydrogen) atoms. The van der Waals surface area contributed by atoms with Crippen molar-refractivity contribution in [3.8, 4) is 6.07 Å². The normalized spacial score (nSPS) is 14.8. The molecule has 0 bridgehead atoms. The summed E-state index contributed by atoms with van der Waals surface area (Å²) < 4.78 is 0. The molecule has 0 saturated carbocycles. The molecule has 2 heterocycles. The van der Waals surface area contributed by atoms with E-state index in [1.165, 1.54) is 16.8 Å². The third-order valence-electron chi connectivity index (χ3n) is 4.25. The Morgan fingerprint density at radius 3 is 2.36 bits per heavy atom. The van der Waals surface area contributed by atoms with Gasteiger partial charge < -0.3 is 9.80 Å². The summed E-state index contributed by atoms with van der Waals surface area (Å²) in [4.78, 5) is 8.85. The van der Waals surface area contributed by atoms with Crippen LogP contribution in [0.5, 0.6) is 0 Å². The maximum atomic E-state index is 9.23. The largest absolute Gasteiger partial charge is 0.368 e. The maximum Gasteiger partial charge on any atom is 0.101 e. The van der Waals surface area contributed by atoms with Gasteiger partial charge in [0.05, 0.1) is 17.4 Å². The number of anilines is 2. The summed E-state index contributed by atoms with van der Waals surface area (Å²) in [5.74, 6) is 0. The zero-order chi connectivity index (χ0) is 15.5. The molecule has 0 radical (unpaired) electrons. The van der Waals surface area contributed by atoms with E-state index < -0.39 is 0 Å². The van der Waals surface area contributed by atoms with Gasteiger partial charge in [0.2, 0.25) is 0 Å². The van der Waals surface area contributed by atoms with Crippen LogP contribution in [0.1, 0.15) is 16.7 Å². The highest BCUT2D eigenvalue weighted by molar-refractivity contribution is 5.60. The number of pyridine rings is 1. The van der Waals surface area contributed by atoms with Gasteiger partial charge in [0.25, 0.3) is 0 Å². The molecule has 0 spiro atoms. The summed E-state index contributed by atoms with van der Waals surface area (Å²) in [6.07, 6.45) is 3.47. The molecule has 0 unspecified atom stereocenters. The molecule has 1 saturated heterocycles. The first-order valence-corrected chi connectivity index (χ1v) is 7.60.